The third kappa shape index (κ3) is 3.89. The van der Waals surface area contributed by atoms with Gasteiger partial charge in [0.25, 0.3) is 0 Å². The van der Waals surface area contributed by atoms with Crippen molar-refractivity contribution in [3.63, 3.8) is 0 Å². The monoisotopic (exact) mass is 352 g/mol. The van der Waals surface area contributed by atoms with E-state index in [4.69, 9.17) is 5.73 Å². The van der Waals surface area contributed by atoms with Gasteiger partial charge in [-0.15, -0.1) is 0 Å². The first-order valence-electron chi connectivity index (χ1n) is 7.65. The minimum atomic E-state index is -0.458. The lowest BCUT2D eigenvalue weighted by Crippen LogP contribution is -2.20. The van der Waals surface area contributed by atoms with E-state index in [0.717, 1.165) is 0 Å². The second-order valence-corrected chi connectivity index (χ2v) is 5.29. The summed E-state index contributed by atoms with van der Waals surface area (Å²) in [5, 5.41) is 4.23. The van der Waals surface area contributed by atoms with Crippen LogP contribution in [0.15, 0.2) is 82.9 Å². The van der Waals surface area contributed by atoms with Gasteiger partial charge in [-0.25, -0.2) is 18.5 Å². The highest BCUT2D eigenvalue weighted by atomic mass is 19.1. The Morgan fingerprint density at radius 3 is 2.50 bits per heavy atom. The van der Waals surface area contributed by atoms with Crippen LogP contribution in [0, 0.1) is 11.6 Å². The number of allylic oxidation sites excluding steroid dienone is 1. The normalized spacial score (nSPS) is 11.8. The van der Waals surface area contributed by atoms with Gasteiger partial charge in [0, 0.05) is 12.3 Å². The molecule has 0 saturated carbocycles. The Labute approximate surface area is 147 Å². The minimum absolute atomic E-state index is 0.00252. The molecule has 0 aliphatic carbocycles. The number of nitrogens with two attached hydrogens (primary N) is 1. The maximum Gasteiger partial charge on any atom is 0.209 e. The zero-order chi connectivity index (χ0) is 18.5. The van der Waals surface area contributed by atoms with Gasteiger partial charge in [0.2, 0.25) is 5.43 Å². The third-order valence-corrected chi connectivity index (χ3v) is 3.44. The van der Waals surface area contributed by atoms with Gasteiger partial charge >= 0.3 is 0 Å². The number of aromatic nitrogens is 2. The lowest BCUT2D eigenvalue weighted by atomic mass is 10.2. The topological polar surface area (TPSA) is 73.3 Å². The Morgan fingerprint density at radius 2 is 1.81 bits per heavy atom. The summed E-state index contributed by atoms with van der Waals surface area (Å²) in [4.78, 5) is 16.5. The van der Waals surface area contributed by atoms with E-state index in [0.29, 0.717) is 11.4 Å². The molecule has 1 heterocycles. The first kappa shape index (κ1) is 17.2. The van der Waals surface area contributed by atoms with Crippen LogP contribution < -0.4 is 11.2 Å². The van der Waals surface area contributed by atoms with Gasteiger partial charge in [-0.3, -0.25) is 4.79 Å². The van der Waals surface area contributed by atoms with Gasteiger partial charge in [0.05, 0.1) is 17.1 Å². The molecule has 2 N–H and O–H groups in total. The maximum atomic E-state index is 13.4. The molecule has 2 aromatic carbocycles. The average molecular weight is 352 g/mol. The van der Waals surface area contributed by atoms with Crippen LogP contribution in [-0.4, -0.2) is 15.5 Å². The van der Waals surface area contributed by atoms with E-state index in [1.807, 2.05) is 0 Å². The van der Waals surface area contributed by atoms with Crippen molar-refractivity contribution in [3.05, 3.63) is 101 Å². The number of halogens is 2. The molecule has 0 spiro atoms. The molecule has 3 rings (SSSR count). The molecule has 1 aromatic heterocycles. The summed E-state index contributed by atoms with van der Waals surface area (Å²) in [6.45, 7) is 0. The van der Waals surface area contributed by atoms with Crippen LogP contribution in [0.4, 0.5) is 14.5 Å². The first-order chi connectivity index (χ1) is 12.6. The van der Waals surface area contributed by atoms with E-state index in [1.165, 1.54) is 65.6 Å². The number of rotatable bonds is 4. The summed E-state index contributed by atoms with van der Waals surface area (Å²) in [6.07, 6.45) is 4.02. The Balaban J connectivity index is 2.13. The van der Waals surface area contributed by atoms with Gasteiger partial charge in [-0.1, -0.05) is 12.1 Å². The number of hydrogen-bond acceptors (Lipinski definition) is 4. The number of hydrogen-bond donors (Lipinski definition) is 1. The Hall–Kier alpha value is -3.61. The van der Waals surface area contributed by atoms with E-state index in [9.17, 15) is 13.6 Å². The number of aliphatic imine (C=N–C) groups is 1. The minimum Gasteiger partial charge on any atom is -0.405 e. The molecule has 0 atom stereocenters. The number of benzene rings is 2. The first-order valence-corrected chi connectivity index (χ1v) is 7.65. The lowest BCUT2D eigenvalue weighted by Gasteiger charge is -2.08. The Bertz CT molecular complexity index is 1060. The quantitative estimate of drug-likeness (QED) is 0.733. The molecule has 7 heteroatoms. The molecule has 0 unspecified atom stereocenters. The molecule has 5 nitrogen and oxygen atoms in total. The van der Waals surface area contributed by atoms with Crippen LogP contribution in [0.3, 0.4) is 0 Å². The van der Waals surface area contributed by atoms with Gasteiger partial charge in [0.1, 0.15) is 11.6 Å². The third-order valence-electron chi connectivity index (χ3n) is 3.44. The molecule has 0 fully saturated rings. The molecule has 0 aliphatic rings. The zero-order valence-corrected chi connectivity index (χ0v) is 13.5. The molecule has 0 saturated heterocycles. The molecule has 0 aliphatic heterocycles. The fourth-order valence-electron chi connectivity index (χ4n) is 2.29. The number of nitrogens with zero attached hydrogens (tertiary/aromatic N) is 3. The van der Waals surface area contributed by atoms with E-state index in [-0.39, 0.29) is 11.4 Å². The SMILES string of the molecule is NC=CC(=Nc1cccc(F)c1)c1nn(-c2cccc(F)c2)ccc1=O. The largest absolute Gasteiger partial charge is 0.405 e. The molecule has 3 aromatic rings. The Kier molecular flexibility index (Phi) is 4.98. The van der Waals surface area contributed by atoms with Crippen molar-refractivity contribution in [2.45, 2.75) is 0 Å². The highest BCUT2D eigenvalue weighted by Gasteiger charge is 2.10. The maximum absolute atomic E-state index is 13.4. The van der Waals surface area contributed by atoms with Gasteiger partial charge in [-0.2, -0.15) is 5.10 Å². The van der Waals surface area contributed by atoms with Crippen molar-refractivity contribution in [1.82, 2.24) is 9.78 Å². The zero-order valence-electron chi connectivity index (χ0n) is 13.5. The van der Waals surface area contributed by atoms with Crippen LogP contribution >= 0.6 is 0 Å². The second kappa shape index (κ2) is 7.52. The summed E-state index contributed by atoms with van der Waals surface area (Å²) >= 11 is 0. The second-order valence-electron chi connectivity index (χ2n) is 5.29. The molecule has 0 bridgehead atoms. The van der Waals surface area contributed by atoms with E-state index < -0.39 is 17.1 Å². The van der Waals surface area contributed by atoms with Crippen molar-refractivity contribution in [2.75, 3.05) is 0 Å². The van der Waals surface area contributed by atoms with Gasteiger partial charge in [0.15, 0.2) is 5.69 Å². The standard InChI is InChI=1S/C19H14F2N4O/c20-13-3-1-5-15(11-13)23-17(7-9-22)19-18(26)8-10-25(24-19)16-6-2-4-14(21)12-16/h1-12H,22H2. The predicted octanol–water partition coefficient (Wildman–Crippen LogP) is 3.10. The van der Waals surface area contributed by atoms with Crippen molar-refractivity contribution >= 4 is 11.4 Å². The van der Waals surface area contributed by atoms with Crippen LogP contribution in [-0.2, 0) is 0 Å². The highest BCUT2D eigenvalue weighted by molar-refractivity contribution is 6.08. The van der Waals surface area contributed by atoms with Gasteiger partial charge in [-0.05, 0) is 48.7 Å². The molecule has 130 valence electrons. The summed E-state index contributed by atoms with van der Waals surface area (Å²) in [7, 11) is 0. The molecule has 26 heavy (non-hydrogen) atoms. The predicted molar refractivity (Wildman–Crippen MR) is 95.7 cm³/mol. The smallest absolute Gasteiger partial charge is 0.209 e. The molecular formula is C19H14F2N4O. The average Bonchev–Trinajstić information content (AvgIpc) is 2.62. The van der Waals surface area contributed by atoms with Crippen LogP contribution in [0.25, 0.3) is 5.69 Å². The molecule has 0 radical (unpaired) electrons. The van der Waals surface area contributed by atoms with E-state index >= 15 is 0 Å². The lowest BCUT2D eigenvalue weighted by molar-refractivity contribution is 0.625. The Morgan fingerprint density at radius 1 is 1.08 bits per heavy atom. The van der Waals surface area contributed by atoms with E-state index in [2.05, 4.69) is 10.1 Å². The van der Waals surface area contributed by atoms with Crippen LogP contribution in [0.5, 0.6) is 0 Å². The summed E-state index contributed by atoms with van der Waals surface area (Å²) in [5.41, 5.74) is 5.96. The van der Waals surface area contributed by atoms with Crippen LogP contribution in [0.2, 0.25) is 0 Å². The fraction of sp³-hybridized carbons (Fsp3) is 0. The fourth-order valence-corrected chi connectivity index (χ4v) is 2.29. The summed E-state index contributed by atoms with van der Waals surface area (Å²) < 4.78 is 28.2. The molecular weight excluding hydrogens is 338 g/mol. The molecule has 0 amide bonds. The van der Waals surface area contributed by atoms with E-state index in [1.54, 1.807) is 12.1 Å². The highest BCUT2D eigenvalue weighted by Crippen LogP contribution is 2.15. The van der Waals surface area contributed by atoms with Crippen molar-refractivity contribution in [1.29, 1.82) is 0 Å². The van der Waals surface area contributed by atoms with Crippen LogP contribution in [0.1, 0.15) is 5.69 Å². The summed E-state index contributed by atoms with van der Waals surface area (Å²) in [5.74, 6) is -0.888. The summed E-state index contributed by atoms with van der Waals surface area (Å²) in [6, 6.07) is 12.7. The van der Waals surface area contributed by atoms with Crippen molar-refractivity contribution < 1.29 is 8.78 Å². The van der Waals surface area contributed by atoms with Crippen molar-refractivity contribution in [3.8, 4) is 5.69 Å². The van der Waals surface area contributed by atoms with Gasteiger partial charge < -0.3 is 5.73 Å². The van der Waals surface area contributed by atoms with Crippen molar-refractivity contribution in [2.24, 2.45) is 10.7 Å².